The lowest BCUT2D eigenvalue weighted by Crippen LogP contribution is -2.53. The zero-order valence-electron chi connectivity index (χ0n) is 15.8. The summed E-state index contributed by atoms with van der Waals surface area (Å²) in [6.07, 6.45) is 0. The van der Waals surface area contributed by atoms with Crippen molar-refractivity contribution in [2.75, 3.05) is 36.4 Å². The van der Waals surface area contributed by atoms with E-state index in [2.05, 4.69) is 20.2 Å². The van der Waals surface area contributed by atoms with Gasteiger partial charge in [0.2, 0.25) is 5.91 Å². The molecule has 0 unspecified atom stereocenters. The number of aryl methyl sites for hydroxylation is 2. The highest BCUT2D eigenvalue weighted by Gasteiger charge is 2.27. The van der Waals surface area contributed by atoms with E-state index in [4.69, 9.17) is 11.6 Å². The van der Waals surface area contributed by atoms with Gasteiger partial charge in [-0.05, 0) is 32.9 Å². The maximum atomic E-state index is 12.7. The molecule has 1 saturated heterocycles. The summed E-state index contributed by atoms with van der Waals surface area (Å²) in [5, 5.41) is 8.18. The van der Waals surface area contributed by atoms with Gasteiger partial charge >= 0.3 is 0 Å². The van der Waals surface area contributed by atoms with Crippen LogP contribution >= 0.6 is 11.6 Å². The zero-order chi connectivity index (χ0) is 18.8. The average Bonchev–Trinajstić information content (AvgIpc) is 2.88. The second kappa shape index (κ2) is 7.68. The Bertz CT molecular complexity index is 795. The van der Waals surface area contributed by atoms with Crippen molar-refractivity contribution in [3.63, 3.8) is 0 Å². The summed E-state index contributed by atoms with van der Waals surface area (Å²) in [4.78, 5) is 17.2. The van der Waals surface area contributed by atoms with Crippen LogP contribution in [0.2, 0.25) is 5.02 Å². The highest BCUT2D eigenvalue weighted by atomic mass is 35.5. The minimum atomic E-state index is -0.192. The van der Waals surface area contributed by atoms with Gasteiger partial charge in [0.05, 0.1) is 33.8 Å². The summed E-state index contributed by atoms with van der Waals surface area (Å²) in [6.45, 7) is 9.19. The Balaban J connectivity index is 1.60. The molecule has 0 saturated carbocycles. The van der Waals surface area contributed by atoms with Gasteiger partial charge in [0.15, 0.2) is 0 Å². The lowest BCUT2D eigenvalue weighted by atomic mass is 10.2. The Hall–Kier alpha value is -2.05. The zero-order valence-corrected chi connectivity index (χ0v) is 16.5. The SMILES string of the molecule is Cc1nn(C)c(C)c1NC(=O)[C@@H](C)N1CCN(c2ccccc2Cl)CC1. The number of para-hydroxylation sites is 1. The third-order valence-corrected chi connectivity index (χ3v) is 5.51. The molecule has 1 aromatic heterocycles. The number of hydrogen-bond acceptors (Lipinski definition) is 4. The summed E-state index contributed by atoms with van der Waals surface area (Å²) < 4.78 is 1.79. The molecule has 2 aromatic rings. The molecule has 3 rings (SSSR count). The monoisotopic (exact) mass is 375 g/mol. The van der Waals surface area contributed by atoms with Crippen LogP contribution in [0, 0.1) is 13.8 Å². The van der Waals surface area contributed by atoms with E-state index >= 15 is 0 Å². The average molecular weight is 376 g/mol. The van der Waals surface area contributed by atoms with E-state index in [9.17, 15) is 4.79 Å². The van der Waals surface area contributed by atoms with E-state index < -0.39 is 0 Å². The number of rotatable bonds is 4. The third kappa shape index (κ3) is 3.71. The van der Waals surface area contributed by atoms with Crippen LogP contribution < -0.4 is 10.2 Å². The fraction of sp³-hybridized carbons (Fsp3) is 0.474. The van der Waals surface area contributed by atoms with Crippen LogP contribution in [0.4, 0.5) is 11.4 Å². The maximum absolute atomic E-state index is 12.7. The number of nitrogens with zero attached hydrogens (tertiary/aromatic N) is 4. The van der Waals surface area contributed by atoms with Crippen LogP contribution in [0.15, 0.2) is 24.3 Å². The van der Waals surface area contributed by atoms with E-state index in [0.29, 0.717) is 0 Å². The van der Waals surface area contributed by atoms with Gasteiger partial charge < -0.3 is 10.2 Å². The fourth-order valence-electron chi connectivity index (χ4n) is 3.41. The number of hydrogen-bond donors (Lipinski definition) is 1. The molecular weight excluding hydrogens is 350 g/mol. The van der Waals surface area contributed by atoms with Crippen LogP contribution in [0.5, 0.6) is 0 Å². The van der Waals surface area contributed by atoms with E-state index in [1.54, 1.807) is 4.68 Å². The maximum Gasteiger partial charge on any atom is 0.241 e. The van der Waals surface area contributed by atoms with Gasteiger partial charge in [-0.1, -0.05) is 23.7 Å². The normalized spacial score (nSPS) is 16.6. The first-order valence-electron chi connectivity index (χ1n) is 8.93. The van der Waals surface area contributed by atoms with E-state index in [1.165, 1.54) is 0 Å². The number of carbonyl (C=O) groups is 1. The summed E-state index contributed by atoms with van der Waals surface area (Å²) in [7, 11) is 1.88. The van der Waals surface area contributed by atoms with Crippen molar-refractivity contribution in [1.82, 2.24) is 14.7 Å². The Kier molecular flexibility index (Phi) is 5.53. The molecule has 26 heavy (non-hydrogen) atoms. The minimum absolute atomic E-state index is 0.00962. The number of aromatic nitrogens is 2. The topological polar surface area (TPSA) is 53.4 Å². The van der Waals surface area contributed by atoms with Crippen molar-refractivity contribution in [2.24, 2.45) is 7.05 Å². The van der Waals surface area contributed by atoms with Crippen molar-refractivity contribution in [2.45, 2.75) is 26.8 Å². The number of anilines is 2. The predicted octanol–water partition coefficient (Wildman–Crippen LogP) is 2.84. The summed E-state index contributed by atoms with van der Waals surface area (Å²) >= 11 is 6.30. The van der Waals surface area contributed by atoms with E-state index in [0.717, 1.165) is 54.0 Å². The molecule has 1 aliphatic rings. The van der Waals surface area contributed by atoms with Crippen molar-refractivity contribution in [3.05, 3.63) is 40.7 Å². The van der Waals surface area contributed by atoms with Crippen LogP contribution in [-0.4, -0.2) is 52.8 Å². The van der Waals surface area contributed by atoms with E-state index in [1.807, 2.05) is 52.1 Å². The molecule has 1 aliphatic heterocycles. The second-order valence-corrected chi connectivity index (χ2v) is 7.22. The van der Waals surface area contributed by atoms with Gasteiger partial charge in [0.25, 0.3) is 0 Å². The van der Waals surface area contributed by atoms with Gasteiger partial charge in [0, 0.05) is 33.2 Å². The predicted molar refractivity (Wildman–Crippen MR) is 106 cm³/mol. The number of carbonyl (C=O) groups excluding carboxylic acids is 1. The smallest absolute Gasteiger partial charge is 0.241 e. The van der Waals surface area contributed by atoms with Gasteiger partial charge in [-0.2, -0.15) is 5.10 Å². The lowest BCUT2D eigenvalue weighted by molar-refractivity contribution is -0.120. The van der Waals surface area contributed by atoms with Crippen molar-refractivity contribution >= 4 is 28.9 Å². The van der Waals surface area contributed by atoms with Crippen molar-refractivity contribution in [1.29, 1.82) is 0 Å². The number of nitrogens with one attached hydrogen (secondary N) is 1. The molecule has 0 aliphatic carbocycles. The standard InChI is InChI=1S/C19H26ClN5O/c1-13-18(14(2)23(4)22-13)21-19(26)15(3)24-9-11-25(12-10-24)17-8-6-5-7-16(17)20/h5-8,15H,9-12H2,1-4H3,(H,21,26)/t15-/m1/s1. The highest BCUT2D eigenvalue weighted by Crippen LogP contribution is 2.26. The summed E-state index contributed by atoms with van der Waals surface area (Å²) in [6, 6.07) is 7.71. The highest BCUT2D eigenvalue weighted by molar-refractivity contribution is 6.33. The number of benzene rings is 1. The van der Waals surface area contributed by atoms with Gasteiger partial charge in [-0.25, -0.2) is 0 Å². The van der Waals surface area contributed by atoms with Gasteiger partial charge in [-0.3, -0.25) is 14.4 Å². The largest absolute Gasteiger partial charge is 0.368 e. The Morgan fingerprint density at radius 2 is 1.85 bits per heavy atom. The Morgan fingerprint density at radius 3 is 2.42 bits per heavy atom. The Morgan fingerprint density at radius 1 is 1.19 bits per heavy atom. The molecule has 0 radical (unpaired) electrons. The first-order chi connectivity index (χ1) is 12.4. The summed E-state index contributed by atoms with van der Waals surface area (Å²) in [5.41, 5.74) is 3.69. The lowest BCUT2D eigenvalue weighted by Gasteiger charge is -2.38. The molecule has 1 amide bonds. The molecule has 1 atom stereocenters. The molecule has 2 heterocycles. The molecule has 1 N–H and O–H groups in total. The number of piperazine rings is 1. The molecule has 6 nitrogen and oxygen atoms in total. The second-order valence-electron chi connectivity index (χ2n) is 6.81. The molecule has 1 aromatic carbocycles. The molecule has 140 valence electrons. The molecule has 1 fully saturated rings. The summed E-state index contributed by atoms with van der Waals surface area (Å²) in [5.74, 6) is 0.00962. The minimum Gasteiger partial charge on any atom is -0.368 e. The molecule has 7 heteroatoms. The van der Waals surface area contributed by atoms with Crippen LogP contribution in [0.1, 0.15) is 18.3 Å². The van der Waals surface area contributed by atoms with Crippen molar-refractivity contribution < 1.29 is 4.79 Å². The first kappa shape index (κ1) is 18.7. The Labute approximate surface area is 159 Å². The van der Waals surface area contributed by atoms with Crippen LogP contribution in [-0.2, 0) is 11.8 Å². The third-order valence-electron chi connectivity index (χ3n) is 5.19. The van der Waals surface area contributed by atoms with Crippen molar-refractivity contribution in [3.8, 4) is 0 Å². The first-order valence-corrected chi connectivity index (χ1v) is 9.31. The quantitative estimate of drug-likeness (QED) is 0.892. The van der Waals surface area contributed by atoms with Gasteiger partial charge in [0.1, 0.15) is 0 Å². The molecular formula is C19H26ClN5O. The fourth-order valence-corrected chi connectivity index (χ4v) is 3.66. The number of amides is 1. The number of halogens is 1. The molecule has 0 spiro atoms. The van der Waals surface area contributed by atoms with Crippen LogP contribution in [0.3, 0.4) is 0 Å². The van der Waals surface area contributed by atoms with Gasteiger partial charge in [-0.15, -0.1) is 0 Å². The molecule has 0 bridgehead atoms. The van der Waals surface area contributed by atoms with E-state index in [-0.39, 0.29) is 11.9 Å². The van der Waals surface area contributed by atoms with Crippen LogP contribution in [0.25, 0.3) is 0 Å².